The lowest BCUT2D eigenvalue weighted by molar-refractivity contribution is -0.115. The van der Waals surface area contributed by atoms with E-state index in [1.807, 2.05) is 0 Å². The van der Waals surface area contributed by atoms with E-state index in [-0.39, 0.29) is 22.7 Å². The van der Waals surface area contributed by atoms with Gasteiger partial charge in [-0.05, 0) is 30.2 Å². The number of carbonyl (C=O) groups excluding carboxylic acids is 2. The zero-order valence-corrected chi connectivity index (χ0v) is 9.41. The van der Waals surface area contributed by atoms with Crippen molar-refractivity contribution in [3.8, 4) is 0 Å². The van der Waals surface area contributed by atoms with E-state index in [1.165, 1.54) is 0 Å². The molecule has 5 nitrogen and oxygen atoms in total. The van der Waals surface area contributed by atoms with Crippen LogP contribution in [0.3, 0.4) is 0 Å². The second kappa shape index (κ2) is 3.64. The van der Waals surface area contributed by atoms with Crippen molar-refractivity contribution < 1.29 is 18.0 Å². The van der Waals surface area contributed by atoms with Crippen molar-refractivity contribution in [3.05, 3.63) is 10.5 Å². The molecule has 0 aromatic carbocycles. The minimum Gasteiger partial charge on any atom is -0.282 e. The highest BCUT2D eigenvalue weighted by Gasteiger charge is 2.31. The maximum Gasteiger partial charge on any atom is 0.290 e. The first-order valence-electron chi connectivity index (χ1n) is 4.43. The average molecular weight is 247 g/mol. The molecule has 1 N–H and O–H groups in total. The lowest BCUT2D eigenvalue weighted by atomic mass is 10.1. The number of hydrogen-bond donors (Lipinski definition) is 1. The zero-order chi connectivity index (χ0) is 11.1. The first-order chi connectivity index (χ1) is 6.98. The van der Waals surface area contributed by atoms with Crippen LogP contribution < -0.4 is 5.32 Å². The fourth-order valence-electron chi connectivity index (χ4n) is 1.56. The van der Waals surface area contributed by atoms with Crippen LogP contribution in [-0.2, 0) is 14.6 Å². The Labute approximate surface area is 91.2 Å². The van der Waals surface area contributed by atoms with Crippen molar-refractivity contribution in [1.82, 2.24) is 5.32 Å². The molecule has 0 aliphatic carbocycles. The molecule has 0 unspecified atom stereocenters. The minimum absolute atomic E-state index is 0.0772. The molecule has 0 aromatic heterocycles. The number of carbonyl (C=O) groups is 2. The molecule has 2 saturated heterocycles. The second-order valence-electron chi connectivity index (χ2n) is 3.43. The number of amides is 2. The highest BCUT2D eigenvalue weighted by Crippen LogP contribution is 2.32. The topological polar surface area (TPSA) is 80.3 Å². The van der Waals surface area contributed by atoms with Crippen molar-refractivity contribution >= 4 is 32.7 Å². The second-order valence-corrected chi connectivity index (χ2v) is 6.71. The lowest BCUT2D eigenvalue weighted by Crippen LogP contribution is -2.22. The molecule has 0 saturated carbocycles. The molecular weight excluding hydrogens is 238 g/mol. The Morgan fingerprint density at radius 3 is 2.20 bits per heavy atom. The van der Waals surface area contributed by atoms with E-state index in [0.717, 1.165) is 17.3 Å². The van der Waals surface area contributed by atoms with Gasteiger partial charge in [0.05, 0.1) is 16.4 Å². The monoisotopic (exact) mass is 247 g/mol. The first-order valence-corrected chi connectivity index (χ1v) is 7.07. The van der Waals surface area contributed by atoms with Crippen molar-refractivity contribution in [2.75, 3.05) is 11.5 Å². The number of sulfone groups is 1. The predicted octanol–water partition coefficient (Wildman–Crippen LogP) is 0.432. The predicted molar refractivity (Wildman–Crippen MR) is 56.0 cm³/mol. The van der Waals surface area contributed by atoms with E-state index in [0.29, 0.717) is 17.7 Å². The van der Waals surface area contributed by atoms with Gasteiger partial charge < -0.3 is 0 Å². The third-order valence-corrected chi connectivity index (χ3v) is 4.99. The van der Waals surface area contributed by atoms with E-state index >= 15 is 0 Å². The van der Waals surface area contributed by atoms with Gasteiger partial charge in [0, 0.05) is 0 Å². The van der Waals surface area contributed by atoms with Crippen LogP contribution in [-0.4, -0.2) is 31.1 Å². The highest BCUT2D eigenvalue weighted by molar-refractivity contribution is 8.18. The number of allylic oxidation sites excluding steroid dienone is 1. The molecule has 2 fully saturated rings. The van der Waals surface area contributed by atoms with E-state index < -0.39 is 9.84 Å². The molecule has 7 heteroatoms. The zero-order valence-electron chi connectivity index (χ0n) is 7.78. The number of rotatable bonds is 0. The maximum atomic E-state index is 11.3. The van der Waals surface area contributed by atoms with Gasteiger partial charge in [-0.3, -0.25) is 14.9 Å². The van der Waals surface area contributed by atoms with Crippen LogP contribution in [0.2, 0.25) is 0 Å². The average Bonchev–Trinajstić information content (AvgIpc) is 2.45. The van der Waals surface area contributed by atoms with Crippen LogP contribution in [0.5, 0.6) is 0 Å². The van der Waals surface area contributed by atoms with Crippen molar-refractivity contribution in [2.24, 2.45) is 0 Å². The van der Waals surface area contributed by atoms with Gasteiger partial charge in [0.2, 0.25) is 0 Å². The SMILES string of the molecule is O=C1NC(=O)C(=C2CCS(=O)(=O)CC2)S1. The maximum absolute atomic E-state index is 11.3. The van der Waals surface area contributed by atoms with Gasteiger partial charge in [-0.15, -0.1) is 0 Å². The molecule has 15 heavy (non-hydrogen) atoms. The fourth-order valence-corrected chi connectivity index (χ4v) is 3.70. The van der Waals surface area contributed by atoms with Gasteiger partial charge >= 0.3 is 0 Å². The summed E-state index contributed by atoms with van der Waals surface area (Å²) in [6, 6.07) is 0. The Hall–Kier alpha value is -0.820. The number of imide groups is 1. The molecule has 82 valence electrons. The third kappa shape index (κ3) is 2.23. The highest BCUT2D eigenvalue weighted by atomic mass is 32.2. The first kappa shape index (κ1) is 10.7. The molecule has 2 aliphatic heterocycles. The summed E-state index contributed by atoms with van der Waals surface area (Å²) in [6.45, 7) is 0. The quantitative estimate of drug-likeness (QED) is 0.628. The molecule has 2 amide bonds. The Balaban J connectivity index is 2.22. The van der Waals surface area contributed by atoms with E-state index in [4.69, 9.17) is 0 Å². The summed E-state index contributed by atoms with van der Waals surface area (Å²) in [6.07, 6.45) is 0.733. The van der Waals surface area contributed by atoms with Gasteiger partial charge in [-0.25, -0.2) is 8.42 Å². The van der Waals surface area contributed by atoms with E-state index in [2.05, 4.69) is 5.32 Å². The summed E-state index contributed by atoms with van der Waals surface area (Å²) in [5.74, 6) is -0.235. The van der Waals surface area contributed by atoms with Crippen LogP contribution in [0.1, 0.15) is 12.8 Å². The summed E-state index contributed by atoms with van der Waals surface area (Å²) < 4.78 is 22.3. The van der Waals surface area contributed by atoms with Crippen LogP contribution in [0.15, 0.2) is 10.5 Å². The largest absolute Gasteiger partial charge is 0.290 e. The van der Waals surface area contributed by atoms with Gasteiger partial charge in [0.25, 0.3) is 11.1 Å². The number of hydrogen-bond acceptors (Lipinski definition) is 5. The molecule has 0 spiro atoms. The Bertz CT molecular complexity index is 447. The molecule has 0 radical (unpaired) electrons. The summed E-state index contributed by atoms with van der Waals surface area (Å²) in [5.41, 5.74) is 0.790. The Kier molecular flexibility index (Phi) is 2.59. The minimum atomic E-state index is -2.94. The van der Waals surface area contributed by atoms with E-state index in [1.54, 1.807) is 0 Å². The Morgan fingerprint density at radius 1 is 1.13 bits per heavy atom. The molecule has 0 bridgehead atoms. The summed E-state index contributed by atoms with van der Waals surface area (Å²) >= 11 is 0.866. The van der Waals surface area contributed by atoms with Crippen molar-refractivity contribution in [1.29, 1.82) is 0 Å². The molecule has 2 rings (SSSR count). The van der Waals surface area contributed by atoms with Gasteiger partial charge in [0.15, 0.2) is 9.84 Å². The molecule has 0 aromatic rings. The molecule has 0 atom stereocenters. The van der Waals surface area contributed by atoms with Gasteiger partial charge in [-0.2, -0.15) is 0 Å². The normalized spacial score (nSPS) is 25.6. The van der Waals surface area contributed by atoms with E-state index in [9.17, 15) is 18.0 Å². The van der Waals surface area contributed by atoms with Crippen molar-refractivity contribution in [3.63, 3.8) is 0 Å². The third-order valence-electron chi connectivity index (χ3n) is 2.37. The standard InChI is InChI=1S/C8H9NO4S2/c10-7-6(14-8(11)9-7)5-1-3-15(12,13)4-2-5/h1-4H2,(H,9,10,11). The lowest BCUT2D eigenvalue weighted by Gasteiger charge is -2.15. The summed E-state index contributed by atoms with van der Waals surface area (Å²) in [5, 5.41) is 1.78. The van der Waals surface area contributed by atoms with Crippen LogP contribution in [0.25, 0.3) is 0 Å². The van der Waals surface area contributed by atoms with Gasteiger partial charge in [-0.1, -0.05) is 0 Å². The molecule has 2 heterocycles. The van der Waals surface area contributed by atoms with Crippen LogP contribution >= 0.6 is 11.8 Å². The fraction of sp³-hybridized carbons (Fsp3) is 0.500. The van der Waals surface area contributed by atoms with Crippen molar-refractivity contribution in [2.45, 2.75) is 12.8 Å². The molecule has 2 aliphatic rings. The Morgan fingerprint density at radius 2 is 1.73 bits per heavy atom. The smallest absolute Gasteiger partial charge is 0.282 e. The van der Waals surface area contributed by atoms with Crippen LogP contribution in [0, 0.1) is 0 Å². The summed E-state index contributed by atoms with van der Waals surface area (Å²) in [4.78, 5) is 22.6. The number of thioether (sulfide) groups is 1. The van der Waals surface area contributed by atoms with Crippen LogP contribution in [0.4, 0.5) is 4.79 Å². The molecular formula is C8H9NO4S2. The van der Waals surface area contributed by atoms with Gasteiger partial charge in [0.1, 0.15) is 0 Å². The number of nitrogens with one attached hydrogen (secondary N) is 1. The summed E-state index contributed by atoms with van der Waals surface area (Å²) in [7, 11) is -2.94.